The lowest BCUT2D eigenvalue weighted by atomic mass is 9.95. The highest BCUT2D eigenvalue weighted by Crippen LogP contribution is 2.43. The van der Waals surface area contributed by atoms with E-state index in [1.807, 2.05) is 11.8 Å². The van der Waals surface area contributed by atoms with Crippen LogP contribution in [0.15, 0.2) is 24.3 Å². The number of fused-ring (bicyclic) bond motifs is 3. The maximum absolute atomic E-state index is 13.9. The summed E-state index contributed by atoms with van der Waals surface area (Å²) in [5, 5.41) is 2.50. The van der Waals surface area contributed by atoms with Crippen molar-refractivity contribution in [3.8, 4) is 0 Å². The second-order valence-corrected chi connectivity index (χ2v) is 11.1. The number of aromatic nitrogens is 2. The number of benzene rings is 1. The molecule has 3 aliphatic rings. The first-order valence-corrected chi connectivity index (χ1v) is 13.7. The van der Waals surface area contributed by atoms with Gasteiger partial charge in [-0.15, -0.1) is 0 Å². The molecule has 2 bridgehead atoms. The largest absolute Gasteiger partial charge is 0.397 e. The Balaban J connectivity index is 1.28. The van der Waals surface area contributed by atoms with Gasteiger partial charge < -0.3 is 14.8 Å². The fourth-order valence-electron chi connectivity index (χ4n) is 6.84. The van der Waals surface area contributed by atoms with Gasteiger partial charge in [-0.1, -0.05) is 12.1 Å². The van der Waals surface area contributed by atoms with Crippen molar-refractivity contribution in [3.05, 3.63) is 52.9 Å². The van der Waals surface area contributed by atoms with Gasteiger partial charge in [0, 0.05) is 44.6 Å². The number of rotatable bonds is 7. The summed E-state index contributed by atoms with van der Waals surface area (Å²) in [5.41, 5.74) is 2.67. The molecule has 2 saturated heterocycles. The van der Waals surface area contributed by atoms with Crippen molar-refractivity contribution in [1.82, 2.24) is 24.7 Å². The number of piperidine rings is 1. The fraction of sp³-hybridized carbons (Fsp3) is 0.607. The van der Waals surface area contributed by atoms with Gasteiger partial charge in [-0.25, -0.2) is 9.37 Å². The van der Waals surface area contributed by atoms with Gasteiger partial charge in [0.15, 0.2) is 0 Å². The zero-order chi connectivity index (χ0) is 27.9. The number of carbonyl (C=O) groups is 2. The highest BCUT2D eigenvalue weighted by atomic mass is 19.4. The molecule has 3 aliphatic heterocycles. The van der Waals surface area contributed by atoms with Crippen LogP contribution in [-0.2, 0) is 22.6 Å². The quantitative estimate of drug-likeness (QED) is 0.513. The third-order valence-corrected chi connectivity index (χ3v) is 8.52. The summed E-state index contributed by atoms with van der Waals surface area (Å²) in [5.74, 6) is -0.567. The number of nitrogens with zero attached hydrogens (tertiary/aromatic N) is 4. The molecule has 0 spiro atoms. The van der Waals surface area contributed by atoms with Crippen molar-refractivity contribution in [2.45, 2.75) is 95.7 Å². The molecule has 2 fully saturated rings. The van der Waals surface area contributed by atoms with Crippen molar-refractivity contribution in [1.29, 1.82) is 0 Å². The van der Waals surface area contributed by atoms with Crippen molar-refractivity contribution < 1.29 is 27.2 Å². The molecule has 39 heavy (non-hydrogen) atoms. The Morgan fingerprint density at radius 1 is 1.15 bits per heavy atom. The van der Waals surface area contributed by atoms with E-state index < -0.39 is 30.4 Å². The van der Waals surface area contributed by atoms with Crippen LogP contribution < -0.4 is 5.32 Å². The number of halogens is 4. The first-order valence-electron chi connectivity index (χ1n) is 13.7. The lowest BCUT2D eigenvalue weighted by molar-refractivity contribution is -0.154. The number of alkyl halides is 3. The van der Waals surface area contributed by atoms with Gasteiger partial charge in [0.1, 0.15) is 18.1 Å². The molecule has 11 heteroatoms. The van der Waals surface area contributed by atoms with E-state index in [4.69, 9.17) is 4.98 Å². The number of amides is 2. The van der Waals surface area contributed by atoms with Gasteiger partial charge in [-0.3, -0.25) is 14.5 Å². The molecule has 2 aromatic rings. The molecular formula is C28H35F4N5O2. The second-order valence-electron chi connectivity index (χ2n) is 11.1. The van der Waals surface area contributed by atoms with Crippen LogP contribution in [0.5, 0.6) is 0 Å². The molecule has 0 unspecified atom stereocenters. The Labute approximate surface area is 225 Å². The van der Waals surface area contributed by atoms with E-state index >= 15 is 0 Å². The van der Waals surface area contributed by atoms with E-state index in [9.17, 15) is 27.2 Å². The minimum Gasteiger partial charge on any atom is -0.349 e. The molecule has 4 atom stereocenters. The third kappa shape index (κ3) is 6.13. The van der Waals surface area contributed by atoms with E-state index in [1.54, 1.807) is 13.0 Å². The molecule has 1 aromatic heterocycles. The average molecular weight is 550 g/mol. The number of aryl methyl sites for hydroxylation is 1. The van der Waals surface area contributed by atoms with Crippen LogP contribution in [0.25, 0.3) is 0 Å². The lowest BCUT2D eigenvalue weighted by Gasteiger charge is -2.41. The van der Waals surface area contributed by atoms with E-state index in [0.717, 1.165) is 49.3 Å². The van der Waals surface area contributed by atoms with Crippen molar-refractivity contribution in [2.24, 2.45) is 0 Å². The molecule has 2 amide bonds. The Bertz CT molecular complexity index is 1220. The van der Waals surface area contributed by atoms with Crippen molar-refractivity contribution >= 4 is 11.8 Å². The molecule has 1 N–H and O–H groups in total. The van der Waals surface area contributed by atoms with Crippen LogP contribution >= 0.6 is 0 Å². The third-order valence-electron chi connectivity index (χ3n) is 8.52. The number of imidazole rings is 1. The Morgan fingerprint density at radius 3 is 2.51 bits per heavy atom. The van der Waals surface area contributed by atoms with Gasteiger partial charge >= 0.3 is 6.18 Å². The lowest BCUT2D eigenvalue weighted by Crippen LogP contribution is -2.45. The van der Waals surface area contributed by atoms with Crippen molar-refractivity contribution in [3.63, 3.8) is 0 Å². The summed E-state index contributed by atoms with van der Waals surface area (Å²) in [7, 11) is 0. The molecule has 1 aromatic carbocycles. The SMILES string of the molecule is CC(=O)N1CCc2nc(C)n([C@H]3C[C@H]4CC[C@@H](C3)N4CC[C@H](NC(=O)CC(F)(F)F)c3cccc(F)c3)c2C1. The summed E-state index contributed by atoms with van der Waals surface area (Å²) in [4.78, 5) is 33.3. The summed E-state index contributed by atoms with van der Waals surface area (Å²) in [6, 6.07) is 5.85. The zero-order valence-electron chi connectivity index (χ0n) is 22.3. The second kappa shape index (κ2) is 10.9. The smallest absolute Gasteiger partial charge is 0.349 e. The molecular weight excluding hydrogens is 514 g/mol. The summed E-state index contributed by atoms with van der Waals surface area (Å²) < 4.78 is 54.7. The number of nitrogens with one attached hydrogen (secondary N) is 1. The fourth-order valence-corrected chi connectivity index (χ4v) is 6.84. The Morgan fingerprint density at radius 2 is 1.87 bits per heavy atom. The van der Waals surface area contributed by atoms with Crippen molar-refractivity contribution in [2.75, 3.05) is 13.1 Å². The standard InChI is InChI=1S/C28H35F4N5O2/c1-17-33-25-8-10-35(18(2)38)16-26(25)37(17)23-13-21-6-7-22(14-23)36(21)11-9-24(19-4-3-5-20(29)12-19)34-27(39)15-28(30,31)32/h3-5,12,21-24H,6-11,13-16H2,1-2H3,(H,34,39)/t21-,22+,23+,24-/m0/s1. The zero-order valence-corrected chi connectivity index (χ0v) is 22.3. The van der Waals surface area contributed by atoms with Gasteiger partial charge in [0.25, 0.3) is 0 Å². The van der Waals surface area contributed by atoms with Gasteiger partial charge in [0.2, 0.25) is 11.8 Å². The number of carbonyl (C=O) groups excluding carboxylic acids is 2. The van der Waals surface area contributed by atoms with Crippen LogP contribution in [0.3, 0.4) is 0 Å². The predicted molar refractivity (Wildman–Crippen MR) is 136 cm³/mol. The molecule has 212 valence electrons. The minimum absolute atomic E-state index is 0.0659. The monoisotopic (exact) mass is 549 g/mol. The Kier molecular flexibility index (Phi) is 7.72. The van der Waals surface area contributed by atoms with Crippen LogP contribution in [-0.4, -0.2) is 62.5 Å². The highest BCUT2D eigenvalue weighted by Gasteiger charge is 2.42. The first-order chi connectivity index (χ1) is 18.5. The normalized spacial score (nSPS) is 23.9. The van der Waals surface area contributed by atoms with Crippen LogP contribution in [0, 0.1) is 12.7 Å². The predicted octanol–water partition coefficient (Wildman–Crippen LogP) is 4.60. The Hall–Kier alpha value is -2.95. The minimum atomic E-state index is -4.61. The maximum Gasteiger partial charge on any atom is 0.397 e. The summed E-state index contributed by atoms with van der Waals surface area (Å²) in [6.07, 6.45) is -1.12. The topological polar surface area (TPSA) is 70.5 Å². The average Bonchev–Trinajstić information content (AvgIpc) is 3.30. The number of hydrogen-bond acceptors (Lipinski definition) is 4. The van der Waals surface area contributed by atoms with E-state index in [-0.39, 0.29) is 11.9 Å². The summed E-state index contributed by atoms with van der Waals surface area (Å²) >= 11 is 0. The van der Waals surface area contributed by atoms with Gasteiger partial charge in [-0.2, -0.15) is 13.2 Å². The van der Waals surface area contributed by atoms with E-state index in [2.05, 4.69) is 14.8 Å². The molecule has 5 rings (SSSR count). The van der Waals surface area contributed by atoms with Crippen LogP contribution in [0.2, 0.25) is 0 Å². The maximum atomic E-state index is 13.9. The molecule has 0 aliphatic carbocycles. The molecule has 4 heterocycles. The van der Waals surface area contributed by atoms with Crippen LogP contribution in [0.1, 0.15) is 80.3 Å². The highest BCUT2D eigenvalue weighted by molar-refractivity contribution is 5.77. The van der Waals surface area contributed by atoms with E-state index in [0.29, 0.717) is 43.7 Å². The molecule has 0 saturated carbocycles. The summed E-state index contributed by atoms with van der Waals surface area (Å²) in [6.45, 7) is 5.48. The van der Waals surface area contributed by atoms with Gasteiger partial charge in [-0.05, 0) is 56.7 Å². The number of hydrogen-bond donors (Lipinski definition) is 1. The molecule has 0 radical (unpaired) electrons. The van der Waals surface area contributed by atoms with Crippen LogP contribution in [0.4, 0.5) is 17.6 Å². The molecule has 7 nitrogen and oxygen atoms in total. The first kappa shape index (κ1) is 27.6. The van der Waals surface area contributed by atoms with Gasteiger partial charge in [0.05, 0.1) is 24.0 Å². The van der Waals surface area contributed by atoms with E-state index in [1.165, 1.54) is 18.2 Å².